The molecule has 2 N–H and O–H groups in total. The van der Waals surface area contributed by atoms with E-state index in [2.05, 4.69) is 0 Å². The highest BCUT2D eigenvalue weighted by Crippen LogP contribution is 2.30. The second kappa shape index (κ2) is 3.26. The van der Waals surface area contributed by atoms with Crippen molar-refractivity contribution in [1.82, 2.24) is 0 Å². The average Bonchev–Trinajstić information content (AvgIpc) is 2.01. The van der Waals surface area contributed by atoms with E-state index >= 15 is 0 Å². The molecule has 0 atom stereocenters. The molecule has 0 amide bonds. The molecule has 70 valence electrons. The van der Waals surface area contributed by atoms with Gasteiger partial charge >= 0.3 is 5.97 Å². The van der Waals surface area contributed by atoms with Gasteiger partial charge in [-0.2, -0.15) is 0 Å². The van der Waals surface area contributed by atoms with Gasteiger partial charge in [0, 0.05) is 5.02 Å². The van der Waals surface area contributed by atoms with Crippen LogP contribution in [0.25, 0.3) is 0 Å². The zero-order valence-electron chi connectivity index (χ0n) is 7.26. The van der Waals surface area contributed by atoms with Gasteiger partial charge in [-0.3, -0.25) is 0 Å². The molecule has 1 rings (SSSR count). The quantitative estimate of drug-likeness (QED) is 0.732. The lowest BCUT2D eigenvalue weighted by Crippen LogP contribution is -2.01. The topological polar surface area (TPSA) is 57.5 Å². The molecule has 0 heterocycles. The van der Waals surface area contributed by atoms with Crippen molar-refractivity contribution in [2.75, 3.05) is 0 Å². The second-order valence-electron chi connectivity index (χ2n) is 2.83. The number of halogens is 1. The van der Waals surface area contributed by atoms with Crippen molar-refractivity contribution in [2.24, 2.45) is 0 Å². The molecular formula is C9H9ClO3. The fourth-order valence-electron chi connectivity index (χ4n) is 1.12. The van der Waals surface area contributed by atoms with Crippen molar-refractivity contribution in [3.05, 3.63) is 27.8 Å². The zero-order chi connectivity index (χ0) is 10.2. The lowest BCUT2D eigenvalue weighted by Gasteiger charge is -2.08. The van der Waals surface area contributed by atoms with Gasteiger partial charge in [0.1, 0.15) is 11.3 Å². The minimum Gasteiger partial charge on any atom is -0.507 e. The number of rotatable bonds is 1. The molecule has 0 aliphatic carbocycles. The monoisotopic (exact) mass is 200 g/mol. The fourth-order valence-corrected chi connectivity index (χ4v) is 1.38. The van der Waals surface area contributed by atoms with Crippen molar-refractivity contribution in [1.29, 1.82) is 0 Å². The third-order valence-electron chi connectivity index (χ3n) is 1.90. The summed E-state index contributed by atoms with van der Waals surface area (Å²) in [5.41, 5.74) is 0.732. The number of hydrogen-bond acceptors (Lipinski definition) is 2. The number of aromatic hydroxyl groups is 1. The maximum Gasteiger partial charge on any atom is 0.339 e. The molecule has 0 radical (unpaired) electrons. The average molecular weight is 201 g/mol. The van der Waals surface area contributed by atoms with Crippen molar-refractivity contribution >= 4 is 17.6 Å². The number of benzene rings is 1. The van der Waals surface area contributed by atoms with Crippen LogP contribution >= 0.6 is 11.6 Å². The summed E-state index contributed by atoms with van der Waals surface area (Å²) >= 11 is 5.76. The Morgan fingerprint density at radius 3 is 2.46 bits per heavy atom. The molecule has 0 aliphatic heterocycles. The summed E-state index contributed by atoms with van der Waals surface area (Å²) in [5, 5.41) is 18.6. The van der Waals surface area contributed by atoms with Crippen molar-refractivity contribution in [3.8, 4) is 5.75 Å². The highest BCUT2D eigenvalue weighted by molar-refractivity contribution is 6.32. The second-order valence-corrected chi connectivity index (χ2v) is 3.24. The third-order valence-corrected chi connectivity index (χ3v) is 2.29. The number of carbonyl (C=O) groups is 1. The van der Waals surface area contributed by atoms with Gasteiger partial charge in [-0.05, 0) is 31.0 Å². The summed E-state index contributed by atoms with van der Waals surface area (Å²) in [5.74, 6) is -1.38. The van der Waals surface area contributed by atoms with Gasteiger partial charge in [0.25, 0.3) is 0 Å². The van der Waals surface area contributed by atoms with Gasteiger partial charge in [0.15, 0.2) is 0 Å². The Labute approximate surface area is 80.6 Å². The van der Waals surface area contributed by atoms with E-state index in [0.29, 0.717) is 16.1 Å². The van der Waals surface area contributed by atoms with E-state index < -0.39 is 5.97 Å². The molecule has 0 bridgehead atoms. The Morgan fingerprint density at radius 2 is 2.00 bits per heavy atom. The van der Waals surface area contributed by atoms with Gasteiger partial charge in [-0.25, -0.2) is 4.79 Å². The normalized spacial score (nSPS) is 10.1. The van der Waals surface area contributed by atoms with Crippen LogP contribution in [-0.4, -0.2) is 16.2 Å². The Balaban J connectivity index is 3.56. The molecular weight excluding hydrogens is 192 g/mol. The van der Waals surface area contributed by atoms with Crippen LogP contribution in [0.5, 0.6) is 5.75 Å². The molecule has 0 spiro atoms. The van der Waals surface area contributed by atoms with E-state index in [0.717, 1.165) is 0 Å². The van der Waals surface area contributed by atoms with E-state index in [1.165, 1.54) is 0 Å². The van der Waals surface area contributed by atoms with Crippen LogP contribution in [-0.2, 0) is 0 Å². The smallest absolute Gasteiger partial charge is 0.339 e. The zero-order valence-corrected chi connectivity index (χ0v) is 8.01. The van der Waals surface area contributed by atoms with Crippen molar-refractivity contribution < 1.29 is 15.0 Å². The Morgan fingerprint density at radius 1 is 1.46 bits per heavy atom. The first-order valence-electron chi connectivity index (χ1n) is 3.67. The van der Waals surface area contributed by atoms with Crippen molar-refractivity contribution in [3.63, 3.8) is 0 Å². The molecule has 13 heavy (non-hydrogen) atoms. The van der Waals surface area contributed by atoms with Crippen LogP contribution in [0.3, 0.4) is 0 Å². The summed E-state index contributed by atoms with van der Waals surface area (Å²) in [6.07, 6.45) is 0. The molecule has 0 saturated heterocycles. The summed E-state index contributed by atoms with van der Waals surface area (Å²) in [6, 6.07) is 1.54. The van der Waals surface area contributed by atoms with Crippen LogP contribution in [0.15, 0.2) is 6.07 Å². The SMILES string of the molecule is Cc1cc(Cl)c(C)c(C(=O)O)c1O. The molecule has 4 heteroatoms. The first-order chi connectivity index (χ1) is 5.95. The van der Waals surface area contributed by atoms with Gasteiger partial charge in [0.05, 0.1) is 0 Å². The third kappa shape index (κ3) is 1.60. The Bertz CT molecular complexity index is 345. The Kier molecular flexibility index (Phi) is 2.48. The number of aryl methyl sites for hydroxylation is 1. The predicted molar refractivity (Wildman–Crippen MR) is 49.6 cm³/mol. The lowest BCUT2D eigenvalue weighted by atomic mass is 10.0. The highest BCUT2D eigenvalue weighted by atomic mass is 35.5. The minimum atomic E-state index is -1.17. The van der Waals surface area contributed by atoms with Gasteiger partial charge in [-0.1, -0.05) is 11.6 Å². The molecule has 0 unspecified atom stereocenters. The predicted octanol–water partition coefficient (Wildman–Crippen LogP) is 2.36. The van der Waals surface area contributed by atoms with E-state index in [4.69, 9.17) is 16.7 Å². The lowest BCUT2D eigenvalue weighted by molar-refractivity contribution is 0.0692. The van der Waals surface area contributed by atoms with Crippen LogP contribution in [0.1, 0.15) is 21.5 Å². The maximum atomic E-state index is 10.7. The summed E-state index contributed by atoms with van der Waals surface area (Å²) in [7, 11) is 0. The van der Waals surface area contributed by atoms with E-state index in [-0.39, 0.29) is 11.3 Å². The first-order valence-corrected chi connectivity index (χ1v) is 4.05. The standard InChI is InChI=1S/C9H9ClO3/c1-4-3-6(10)5(2)7(8(4)11)9(12)13/h3,11H,1-2H3,(H,12,13). The maximum absolute atomic E-state index is 10.7. The first kappa shape index (κ1) is 9.86. The molecule has 0 fully saturated rings. The van der Waals surface area contributed by atoms with Crippen LogP contribution in [0, 0.1) is 13.8 Å². The Hall–Kier alpha value is -1.22. The van der Waals surface area contributed by atoms with Crippen LogP contribution in [0.2, 0.25) is 5.02 Å². The summed E-state index contributed by atoms with van der Waals surface area (Å²) in [6.45, 7) is 3.16. The van der Waals surface area contributed by atoms with Gasteiger partial charge in [0.2, 0.25) is 0 Å². The number of carboxylic acid groups (broad SMARTS) is 1. The number of hydrogen-bond donors (Lipinski definition) is 2. The van der Waals surface area contributed by atoms with E-state index in [9.17, 15) is 9.90 Å². The minimum absolute atomic E-state index is 0.120. The van der Waals surface area contributed by atoms with E-state index in [1.807, 2.05) is 0 Å². The number of carboxylic acids is 1. The van der Waals surface area contributed by atoms with Crippen LogP contribution in [0.4, 0.5) is 0 Å². The number of aromatic carboxylic acids is 1. The van der Waals surface area contributed by atoms with Crippen molar-refractivity contribution in [2.45, 2.75) is 13.8 Å². The highest BCUT2D eigenvalue weighted by Gasteiger charge is 2.17. The summed E-state index contributed by atoms with van der Waals surface area (Å²) < 4.78 is 0. The molecule has 3 nitrogen and oxygen atoms in total. The number of phenols is 1. The molecule has 1 aromatic rings. The molecule has 0 aliphatic rings. The molecule has 0 aromatic heterocycles. The van der Waals surface area contributed by atoms with E-state index in [1.54, 1.807) is 19.9 Å². The summed E-state index contributed by atoms with van der Waals surface area (Å²) in [4.78, 5) is 10.7. The van der Waals surface area contributed by atoms with Gasteiger partial charge < -0.3 is 10.2 Å². The van der Waals surface area contributed by atoms with Crippen LogP contribution < -0.4 is 0 Å². The fraction of sp³-hybridized carbons (Fsp3) is 0.222. The molecule has 1 aromatic carbocycles. The molecule has 0 saturated carbocycles. The largest absolute Gasteiger partial charge is 0.507 e. The van der Waals surface area contributed by atoms with Gasteiger partial charge in [-0.15, -0.1) is 0 Å².